The fourth-order valence-electron chi connectivity index (χ4n) is 3.17. The second kappa shape index (κ2) is 6.89. The molecule has 2 rings (SSSR count). The van der Waals surface area contributed by atoms with Gasteiger partial charge in [0, 0.05) is 24.7 Å². The van der Waals surface area contributed by atoms with Gasteiger partial charge in [0.25, 0.3) is 0 Å². The van der Waals surface area contributed by atoms with Gasteiger partial charge in [-0.05, 0) is 50.3 Å². The van der Waals surface area contributed by atoms with Crippen LogP contribution >= 0.6 is 0 Å². The minimum atomic E-state index is -0.0258. The smallest absolute Gasteiger partial charge is 0.221 e. The van der Waals surface area contributed by atoms with Crippen molar-refractivity contribution in [1.82, 2.24) is 5.32 Å². The molecule has 0 aromatic heterocycles. The van der Waals surface area contributed by atoms with E-state index in [4.69, 9.17) is 0 Å². The monoisotopic (exact) mass is 274 g/mol. The van der Waals surface area contributed by atoms with E-state index < -0.39 is 0 Å². The maximum Gasteiger partial charge on any atom is 0.221 e. The quantitative estimate of drug-likeness (QED) is 0.855. The minimum Gasteiger partial charge on any atom is -0.326 e. The highest BCUT2D eigenvalue weighted by Crippen LogP contribution is 2.29. The molecule has 0 spiro atoms. The lowest BCUT2D eigenvalue weighted by Crippen LogP contribution is -2.34. The molecule has 0 radical (unpaired) electrons. The summed E-state index contributed by atoms with van der Waals surface area (Å²) in [5.41, 5.74) is 2.10. The number of carbonyl (C=O) groups is 1. The van der Waals surface area contributed by atoms with Crippen LogP contribution in [0.15, 0.2) is 24.3 Å². The third-order valence-corrected chi connectivity index (χ3v) is 4.33. The fraction of sp³-hybridized carbons (Fsp3) is 0.588. The molecule has 2 N–H and O–H groups in total. The van der Waals surface area contributed by atoms with E-state index in [1.54, 1.807) is 0 Å². The predicted molar refractivity (Wildman–Crippen MR) is 83.7 cm³/mol. The molecule has 0 heterocycles. The molecule has 1 aromatic carbocycles. The van der Waals surface area contributed by atoms with Gasteiger partial charge < -0.3 is 10.6 Å². The molecule has 110 valence electrons. The molecule has 3 nitrogen and oxygen atoms in total. The summed E-state index contributed by atoms with van der Waals surface area (Å²) in [6, 6.07) is 8.96. The van der Waals surface area contributed by atoms with Crippen molar-refractivity contribution >= 4 is 11.6 Å². The molecular formula is C17H26N2O. The lowest BCUT2D eigenvalue weighted by atomic mass is 9.97. The Hall–Kier alpha value is -1.35. The van der Waals surface area contributed by atoms with E-state index in [0.29, 0.717) is 12.1 Å². The van der Waals surface area contributed by atoms with Crippen LogP contribution < -0.4 is 10.6 Å². The Bertz CT molecular complexity index is 452. The molecule has 0 bridgehead atoms. The average Bonchev–Trinajstić information content (AvgIpc) is 2.92. The zero-order chi connectivity index (χ0) is 14.5. The lowest BCUT2D eigenvalue weighted by molar-refractivity contribution is -0.114. The highest BCUT2D eigenvalue weighted by Gasteiger charge is 2.22. The van der Waals surface area contributed by atoms with E-state index in [-0.39, 0.29) is 5.91 Å². The maximum absolute atomic E-state index is 11.1. The standard InChI is InChI=1S/C17H26N2O/c1-12(15-7-4-5-8-15)18-13(2)16-9-6-10-17(11-16)19-14(3)20/h6,9-13,15,18H,4-5,7-8H2,1-3H3,(H,19,20). The molecule has 2 atom stereocenters. The largest absolute Gasteiger partial charge is 0.326 e. The van der Waals surface area contributed by atoms with Crippen LogP contribution in [0.2, 0.25) is 0 Å². The number of hydrogen-bond acceptors (Lipinski definition) is 2. The molecule has 1 aromatic rings. The Balaban J connectivity index is 1.97. The van der Waals surface area contributed by atoms with Crippen LogP contribution in [0.5, 0.6) is 0 Å². The SMILES string of the molecule is CC(=O)Nc1cccc(C(C)NC(C)C2CCCC2)c1. The molecule has 1 aliphatic carbocycles. The van der Waals surface area contributed by atoms with Crippen molar-refractivity contribution in [2.75, 3.05) is 5.32 Å². The molecular weight excluding hydrogens is 248 g/mol. The van der Waals surface area contributed by atoms with Gasteiger partial charge in [-0.25, -0.2) is 0 Å². The number of hydrogen-bond donors (Lipinski definition) is 2. The highest BCUT2D eigenvalue weighted by atomic mass is 16.1. The molecule has 1 fully saturated rings. The third kappa shape index (κ3) is 4.07. The Morgan fingerprint density at radius 2 is 1.95 bits per heavy atom. The van der Waals surface area contributed by atoms with Gasteiger partial charge in [0.1, 0.15) is 0 Å². The van der Waals surface area contributed by atoms with Gasteiger partial charge in [-0.2, -0.15) is 0 Å². The summed E-state index contributed by atoms with van der Waals surface area (Å²) >= 11 is 0. The van der Waals surface area contributed by atoms with Crippen LogP contribution in [0.1, 0.15) is 58.1 Å². The Morgan fingerprint density at radius 1 is 1.25 bits per heavy atom. The Morgan fingerprint density at radius 3 is 2.60 bits per heavy atom. The zero-order valence-electron chi connectivity index (χ0n) is 12.8. The molecule has 1 amide bonds. The summed E-state index contributed by atoms with van der Waals surface area (Å²) in [5.74, 6) is 0.790. The Labute approximate surface area is 122 Å². The molecule has 3 heteroatoms. The van der Waals surface area contributed by atoms with Crippen molar-refractivity contribution in [3.8, 4) is 0 Å². The van der Waals surface area contributed by atoms with E-state index in [1.807, 2.05) is 12.1 Å². The topological polar surface area (TPSA) is 41.1 Å². The number of amides is 1. The summed E-state index contributed by atoms with van der Waals surface area (Å²) in [5, 5.41) is 6.55. The first-order valence-electron chi connectivity index (χ1n) is 7.70. The van der Waals surface area contributed by atoms with Gasteiger partial charge in [0.05, 0.1) is 0 Å². The van der Waals surface area contributed by atoms with Crippen molar-refractivity contribution in [2.24, 2.45) is 5.92 Å². The fourth-order valence-corrected chi connectivity index (χ4v) is 3.17. The number of anilines is 1. The summed E-state index contributed by atoms with van der Waals surface area (Å²) in [6.45, 7) is 6.03. The van der Waals surface area contributed by atoms with Crippen LogP contribution in [0.3, 0.4) is 0 Å². The van der Waals surface area contributed by atoms with Gasteiger partial charge in [0.2, 0.25) is 5.91 Å². The number of benzene rings is 1. The van der Waals surface area contributed by atoms with Gasteiger partial charge in [-0.15, -0.1) is 0 Å². The number of rotatable bonds is 5. The molecule has 1 aliphatic rings. The molecule has 1 saturated carbocycles. The van der Waals surface area contributed by atoms with Crippen LogP contribution in [0, 0.1) is 5.92 Å². The second-order valence-corrected chi connectivity index (χ2v) is 6.03. The van der Waals surface area contributed by atoms with E-state index in [0.717, 1.165) is 11.6 Å². The van der Waals surface area contributed by atoms with Crippen LogP contribution in [0.25, 0.3) is 0 Å². The summed E-state index contributed by atoms with van der Waals surface area (Å²) in [6.07, 6.45) is 5.46. The molecule has 20 heavy (non-hydrogen) atoms. The first-order chi connectivity index (χ1) is 9.56. The van der Waals surface area contributed by atoms with Crippen LogP contribution in [-0.2, 0) is 4.79 Å². The third-order valence-electron chi connectivity index (χ3n) is 4.33. The van der Waals surface area contributed by atoms with Crippen LogP contribution in [-0.4, -0.2) is 11.9 Å². The van der Waals surface area contributed by atoms with Crippen molar-refractivity contribution in [2.45, 2.75) is 58.5 Å². The summed E-state index contributed by atoms with van der Waals surface area (Å²) < 4.78 is 0. The molecule has 2 unspecified atom stereocenters. The zero-order valence-corrected chi connectivity index (χ0v) is 12.8. The van der Waals surface area contributed by atoms with E-state index in [9.17, 15) is 4.79 Å². The van der Waals surface area contributed by atoms with E-state index >= 15 is 0 Å². The van der Waals surface area contributed by atoms with Gasteiger partial charge in [-0.3, -0.25) is 4.79 Å². The van der Waals surface area contributed by atoms with E-state index in [2.05, 4.69) is 36.6 Å². The number of nitrogens with one attached hydrogen (secondary N) is 2. The molecule has 0 saturated heterocycles. The average molecular weight is 274 g/mol. The second-order valence-electron chi connectivity index (χ2n) is 6.03. The van der Waals surface area contributed by atoms with Crippen molar-refractivity contribution in [3.05, 3.63) is 29.8 Å². The first kappa shape index (κ1) is 15.0. The lowest BCUT2D eigenvalue weighted by Gasteiger charge is -2.25. The van der Waals surface area contributed by atoms with Gasteiger partial charge in [0.15, 0.2) is 0 Å². The normalized spacial score (nSPS) is 18.8. The number of carbonyl (C=O) groups excluding carboxylic acids is 1. The first-order valence-corrected chi connectivity index (χ1v) is 7.70. The van der Waals surface area contributed by atoms with E-state index in [1.165, 1.54) is 38.2 Å². The van der Waals surface area contributed by atoms with Crippen molar-refractivity contribution in [1.29, 1.82) is 0 Å². The summed E-state index contributed by atoms with van der Waals surface area (Å²) in [4.78, 5) is 11.1. The molecule has 0 aliphatic heterocycles. The van der Waals surface area contributed by atoms with Crippen LogP contribution in [0.4, 0.5) is 5.69 Å². The van der Waals surface area contributed by atoms with Crippen molar-refractivity contribution in [3.63, 3.8) is 0 Å². The van der Waals surface area contributed by atoms with Crippen molar-refractivity contribution < 1.29 is 4.79 Å². The highest BCUT2D eigenvalue weighted by molar-refractivity contribution is 5.88. The maximum atomic E-state index is 11.1. The van der Waals surface area contributed by atoms with Gasteiger partial charge in [-0.1, -0.05) is 25.0 Å². The summed E-state index contributed by atoms with van der Waals surface area (Å²) in [7, 11) is 0. The predicted octanol–water partition coefficient (Wildman–Crippen LogP) is 3.87. The van der Waals surface area contributed by atoms with Gasteiger partial charge >= 0.3 is 0 Å². The Kier molecular flexibility index (Phi) is 5.18. The minimum absolute atomic E-state index is 0.0258.